The molecule has 0 unspecified atom stereocenters. The molecule has 0 radical (unpaired) electrons. The molecule has 5 heteroatoms. The highest BCUT2D eigenvalue weighted by atomic mass is 16.3. The van der Waals surface area contributed by atoms with Crippen molar-refractivity contribution < 1.29 is 9.90 Å². The van der Waals surface area contributed by atoms with Crippen LogP contribution in [0.15, 0.2) is 60.9 Å². The van der Waals surface area contributed by atoms with Crippen LogP contribution in [-0.2, 0) is 17.9 Å². The lowest BCUT2D eigenvalue weighted by Crippen LogP contribution is -2.38. The number of phenolic OH excluding ortho intramolecular Hbond substituents is 1. The second kappa shape index (κ2) is 7.76. The highest BCUT2D eigenvalue weighted by molar-refractivity contribution is 5.84. The SMILES string of the molecule is O=C1CC[C@@H](CN(Cc2ccncc2)Cc2ccc3cc(O)ccc3c2)N1. The molecule has 1 fully saturated rings. The number of fused-ring (bicyclic) bond motifs is 1. The number of nitrogens with one attached hydrogen (secondary N) is 1. The summed E-state index contributed by atoms with van der Waals surface area (Å²) in [7, 11) is 0. The standard InChI is InChI=1S/C22H23N3O2/c26-21-5-3-18-11-17(1-2-19(18)12-21)14-25(13-16-7-9-23-10-8-16)15-20-4-6-22(27)24-20/h1-3,5,7-12,20,26H,4,6,13-15H2,(H,24,27)/t20-/m0/s1. The van der Waals surface area contributed by atoms with Crippen LogP contribution in [0, 0.1) is 0 Å². The van der Waals surface area contributed by atoms with Gasteiger partial charge >= 0.3 is 0 Å². The number of benzene rings is 2. The van der Waals surface area contributed by atoms with Gasteiger partial charge < -0.3 is 10.4 Å². The molecule has 27 heavy (non-hydrogen) atoms. The van der Waals surface area contributed by atoms with Gasteiger partial charge in [-0.1, -0.05) is 18.2 Å². The molecule has 1 saturated heterocycles. The fourth-order valence-electron chi connectivity index (χ4n) is 3.70. The summed E-state index contributed by atoms with van der Waals surface area (Å²) in [5.41, 5.74) is 2.42. The molecule has 2 N–H and O–H groups in total. The monoisotopic (exact) mass is 361 g/mol. The Kier molecular flexibility index (Phi) is 5.03. The number of rotatable bonds is 6. The van der Waals surface area contributed by atoms with E-state index >= 15 is 0 Å². The summed E-state index contributed by atoms with van der Waals surface area (Å²) < 4.78 is 0. The zero-order valence-electron chi connectivity index (χ0n) is 15.1. The summed E-state index contributed by atoms with van der Waals surface area (Å²) in [5.74, 6) is 0.431. The number of hydrogen-bond donors (Lipinski definition) is 2. The van der Waals surface area contributed by atoms with E-state index in [0.29, 0.717) is 6.42 Å². The molecular formula is C22H23N3O2. The molecule has 1 aromatic heterocycles. The number of hydrogen-bond acceptors (Lipinski definition) is 4. The van der Waals surface area contributed by atoms with Crippen molar-refractivity contribution in [3.05, 3.63) is 72.1 Å². The molecule has 0 bridgehead atoms. The van der Waals surface area contributed by atoms with E-state index in [4.69, 9.17) is 0 Å². The van der Waals surface area contributed by atoms with Gasteiger partial charge in [0.05, 0.1) is 0 Å². The van der Waals surface area contributed by atoms with Gasteiger partial charge in [0, 0.05) is 44.5 Å². The Balaban J connectivity index is 1.54. The van der Waals surface area contributed by atoms with E-state index in [-0.39, 0.29) is 17.7 Å². The summed E-state index contributed by atoms with van der Waals surface area (Å²) in [4.78, 5) is 18.0. The number of pyridine rings is 1. The van der Waals surface area contributed by atoms with E-state index in [1.54, 1.807) is 12.1 Å². The highest BCUT2D eigenvalue weighted by Gasteiger charge is 2.23. The molecule has 2 heterocycles. The Morgan fingerprint density at radius 1 is 1.00 bits per heavy atom. The Morgan fingerprint density at radius 2 is 1.74 bits per heavy atom. The molecule has 138 valence electrons. The second-order valence-electron chi connectivity index (χ2n) is 7.19. The summed E-state index contributed by atoms with van der Waals surface area (Å²) in [6.07, 6.45) is 5.14. The molecule has 0 saturated carbocycles. The number of carbonyl (C=O) groups is 1. The van der Waals surface area contributed by atoms with Crippen LogP contribution in [0.4, 0.5) is 0 Å². The summed E-state index contributed by atoms with van der Waals surface area (Å²) in [5, 5.41) is 14.9. The average Bonchev–Trinajstić information content (AvgIpc) is 3.07. The zero-order chi connectivity index (χ0) is 18.6. The van der Waals surface area contributed by atoms with Gasteiger partial charge in [0.25, 0.3) is 0 Å². The van der Waals surface area contributed by atoms with E-state index in [1.807, 2.05) is 36.7 Å². The zero-order valence-corrected chi connectivity index (χ0v) is 15.1. The number of nitrogens with zero attached hydrogens (tertiary/aromatic N) is 2. The van der Waals surface area contributed by atoms with Crippen LogP contribution in [0.2, 0.25) is 0 Å². The van der Waals surface area contributed by atoms with Gasteiger partial charge in [0.1, 0.15) is 5.75 Å². The molecule has 0 aliphatic carbocycles. The van der Waals surface area contributed by atoms with Crippen LogP contribution < -0.4 is 5.32 Å². The van der Waals surface area contributed by atoms with Crippen LogP contribution in [0.25, 0.3) is 10.8 Å². The second-order valence-corrected chi connectivity index (χ2v) is 7.19. The number of aromatic nitrogens is 1. The van der Waals surface area contributed by atoms with Crippen LogP contribution in [0.1, 0.15) is 24.0 Å². The maximum atomic E-state index is 11.6. The lowest BCUT2D eigenvalue weighted by molar-refractivity contribution is -0.119. The van der Waals surface area contributed by atoms with Crippen LogP contribution >= 0.6 is 0 Å². The maximum Gasteiger partial charge on any atom is 0.220 e. The molecule has 1 atom stereocenters. The summed E-state index contributed by atoms with van der Waals surface area (Å²) >= 11 is 0. The lowest BCUT2D eigenvalue weighted by Gasteiger charge is -2.26. The average molecular weight is 361 g/mol. The first-order valence-corrected chi connectivity index (χ1v) is 9.28. The molecule has 5 nitrogen and oxygen atoms in total. The van der Waals surface area contributed by atoms with Crippen molar-refractivity contribution in [3.63, 3.8) is 0 Å². The number of amides is 1. The molecule has 1 aliphatic rings. The van der Waals surface area contributed by atoms with Crippen molar-refractivity contribution in [3.8, 4) is 5.75 Å². The normalized spacial score (nSPS) is 16.8. The van der Waals surface area contributed by atoms with Gasteiger partial charge in [0.15, 0.2) is 0 Å². The van der Waals surface area contributed by atoms with E-state index in [2.05, 4.69) is 27.3 Å². The van der Waals surface area contributed by atoms with E-state index in [0.717, 1.165) is 36.8 Å². The van der Waals surface area contributed by atoms with E-state index < -0.39 is 0 Å². The first-order valence-electron chi connectivity index (χ1n) is 9.28. The van der Waals surface area contributed by atoms with Gasteiger partial charge in [-0.25, -0.2) is 0 Å². The first-order chi connectivity index (χ1) is 13.2. The third-order valence-electron chi connectivity index (χ3n) is 5.01. The van der Waals surface area contributed by atoms with Gasteiger partial charge in [-0.2, -0.15) is 0 Å². The van der Waals surface area contributed by atoms with Gasteiger partial charge in [0.2, 0.25) is 5.91 Å². The van der Waals surface area contributed by atoms with Crippen molar-refractivity contribution in [1.82, 2.24) is 15.2 Å². The van der Waals surface area contributed by atoms with Crippen molar-refractivity contribution in [2.24, 2.45) is 0 Å². The number of carbonyl (C=O) groups excluding carboxylic acids is 1. The Labute approximate surface area is 158 Å². The van der Waals surface area contributed by atoms with Gasteiger partial charge in [-0.05, 0) is 58.7 Å². The fraction of sp³-hybridized carbons (Fsp3) is 0.273. The predicted octanol–water partition coefficient (Wildman–Crippen LogP) is 3.22. The van der Waals surface area contributed by atoms with Crippen molar-refractivity contribution in [1.29, 1.82) is 0 Å². The van der Waals surface area contributed by atoms with E-state index in [1.165, 1.54) is 11.1 Å². The molecule has 2 aromatic carbocycles. The maximum absolute atomic E-state index is 11.6. The minimum Gasteiger partial charge on any atom is -0.508 e. The summed E-state index contributed by atoms with van der Waals surface area (Å²) in [6.45, 7) is 2.43. The Hall–Kier alpha value is -2.92. The molecule has 1 aliphatic heterocycles. The summed E-state index contributed by atoms with van der Waals surface area (Å²) in [6, 6.07) is 16.0. The van der Waals surface area contributed by atoms with Gasteiger partial charge in [-0.15, -0.1) is 0 Å². The predicted molar refractivity (Wildman–Crippen MR) is 105 cm³/mol. The molecule has 1 amide bonds. The molecule has 3 aromatic rings. The topological polar surface area (TPSA) is 65.5 Å². The van der Waals surface area contributed by atoms with Crippen molar-refractivity contribution >= 4 is 16.7 Å². The third-order valence-corrected chi connectivity index (χ3v) is 5.01. The van der Waals surface area contributed by atoms with Crippen LogP contribution in [0.3, 0.4) is 0 Å². The third kappa shape index (κ3) is 4.44. The molecular weight excluding hydrogens is 338 g/mol. The fourth-order valence-corrected chi connectivity index (χ4v) is 3.70. The lowest BCUT2D eigenvalue weighted by atomic mass is 10.1. The first kappa shape index (κ1) is 17.5. The molecule has 0 spiro atoms. The van der Waals surface area contributed by atoms with Gasteiger partial charge in [-0.3, -0.25) is 14.7 Å². The number of aromatic hydroxyl groups is 1. The number of phenols is 1. The minimum absolute atomic E-state index is 0.148. The largest absolute Gasteiger partial charge is 0.508 e. The minimum atomic E-state index is 0.148. The highest BCUT2D eigenvalue weighted by Crippen LogP contribution is 2.22. The quantitative estimate of drug-likeness (QED) is 0.707. The Bertz CT molecular complexity index is 943. The van der Waals surface area contributed by atoms with Crippen LogP contribution in [0.5, 0.6) is 5.75 Å². The van der Waals surface area contributed by atoms with Crippen LogP contribution in [-0.4, -0.2) is 33.5 Å². The van der Waals surface area contributed by atoms with Crippen molar-refractivity contribution in [2.75, 3.05) is 6.54 Å². The Morgan fingerprint density at radius 3 is 2.52 bits per heavy atom. The van der Waals surface area contributed by atoms with Crippen molar-refractivity contribution in [2.45, 2.75) is 32.0 Å². The molecule has 4 rings (SSSR count). The smallest absolute Gasteiger partial charge is 0.220 e. The van der Waals surface area contributed by atoms with E-state index in [9.17, 15) is 9.90 Å².